The molecule has 0 fully saturated rings. The molecule has 2 heterocycles. The van der Waals surface area contributed by atoms with Crippen LogP contribution < -0.4 is 0 Å². The van der Waals surface area contributed by atoms with E-state index in [1.165, 1.54) is 4.68 Å². The van der Waals surface area contributed by atoms with Crippen molar-refractivity contribution >= 4 is 21.6 Å². The zero-order valence-corrected chi connectivity index (χ0v) is 13.3. The van der Waals surface area contributed by atoms with Crippen LogP contribution in [0.3, 0.4) is 0 Å². The fourth-order valence-corrected chi connectivity index (χ4v) is 3.35. The van der Waals surface area contributed by atoms with Crippen molar-refractivity contribution < 1.29 is 13.2 Å². The van der Waals surface area contributed by atoms with Crippen LogP contribution >= 0.6 is 15.9 Å². The molecule has 2 aromatic rings. The first-order valence-electron chi connectivity index (χ1n) is 6.68. The summed E-state index contributed by atoms with van der Waals surface area (Å²) in [6.07, 6.45) is -4.10. The summed E-state index contributed by atoms with van der Waals surface area (Å²) in [5, 5.41) is 11.6. The first-order chi connectivity index (χ1) is 10.2. The van der Waals surface area contributed by atoms with Gasteiger partial charge in [-0.2, -0.15) is 18.3 Å². The van der Waals surface area contributed by atoms with E-state index in [1.54, 1.807) is 0 Å². The number of alkyl halides is 3. The Kier molecular flexibility index (Phi) is 3.43. The van der Waals surface area contributed by atoms with Gasteiger partial charge in [0, 0.05) is 22.0 Å². The highest BCUT2D eigenvalue weighted by molar-refractivity contribution is 9.10. The molecule has 0 saturated heterocycles. The summed E-state index contributed by atoms with van der Waals surface area (Å²) in [6, 6.07) is 8.55. The lowest BCUT2D eigenvalue weighted by Gasteiger charge is -2.35. The third-order valence-electron chi connectivity index (χ3n) is 4.01. The van der Waals surface area contributed by atoms with Gasteiger partial charge in [0.25, 0.3) is 0 Å². The molecule has 0 aliphatic carbocycles. The molecule has 3 nitrogen and oxygen atoms in total. The first-order valence-corrected chi connectivity index (χ1v) is 7.47. The zero-order chi connectivity index (χ0) is 16.1. The molecule has 1 unspecified atom stereocenters. The quantitative estimate of drug-likeness (QED) is 0.793. The molecule has 1 N–H and O–H groups in total. The van der Waals surface area contributed by atoms with Crippen LogP contribution in [-0.4, -0.2) is 15.5 Å². The van der Waals surface area contributed by atoms with Crippen LogP contribution in [0, 0.1) is 5.41 Å². The third kappa shape index (κ3) is 2.47. The van der Waals surface area contributed by atoms with Crippen molar-refractivity contribution in [2.24, 2.45) is 0 Å². The van der Waals surface area contributed by atoms with Gasteiger partial charge in [-0.3, -0.25) is 4.68 Å². The second-order valence-corrected chi connectivity index (χ2v) is 6.61. The number of benzene rings is 1. The minimum atomic E-state index is -4.48. The average molecular weight is 372 g/mol. The molecule has 3 rings (SSSR count). The molecule has 1 aromatic carbocycles. The maximum Gasteiger partial charge on any atom is 0.435 e. The molecule has 1 aliphatic heterocycles. The predicted molar refractivity (Wildman–Crippen MR) is 80.2 cm³/mol. The Balaban J connectivity index is 2.19. The van der Waals surface area contributed by atoms with Crippen LogP contribution in [0.25, 0.3) is 0 Å². The predicted octanol–water partition coefficient (Wildman–Crippen LogP) is 4.39. The molecular weight excluding hydrogens is 359 g/mol. The van der Waals surface area contributed by atoms with Crippen molar-refractivity contribution in [1.82, 2.24) is 9.78 Å². The fraction of sp³-hybridized carbons (Fsp3) is 0.333. The maximum absolute atomic E-state index is 13.0. The maximum atomic E-state index is 13.0. The van der Waals surface area contributed by atoms with E-state index in [-0.39, 0.29) is 6.54 Å². The van der Waals surface area contributed by atoms with E-state index in [0.717, 1.165) is 16.1 Å². The highest BCUT2D eigenvalue weighted by Crippen LogP contribution is 2.41. The van der Waals surface area contributed by atoms with Gasteiger partial charge in [0.05, 0.1) is 12.2 Å². The number of rotatable bonds is 1. The van der Waals surface area contributed by atoms with E-state index in [4.69, 9.17) is 5.41 Å². The highest BCUT2D eigenvalue weighted by atomic mass is 79.9. The first kappa shape index (κ1) is 15.3. The Hall–Kier alpha value is -1.63. The molecule has 0 amide bonds. The molecule has 116 valence electrons. The lowest BCUT2D eigenvalue weighted by atomic mass is 9.73. The number of fused-ring (bicyclic) bond motifs is 1. The van der Waals surface area contributed by atoms with E-state index < -0.39 is 17.3 Å². The van der Waals surface area contributed by atoms with Gasteiger partial charge in [-0.05, 0) is 30.7 Å². The van der Waals surface area contributed by atoms with E-state index in [9.17, 15) is 13.2 Å². The van der Waals surface area contributed by atoms with Crippen LogP contribution in [0.1, 0.15) is 30.3 Å². The Labute approximate surface area is 133 Å². The molecule has 0 spiro atoms. The second-order valence-electron chi connectivity index (χ2n) is 5.69. The van der Waals surface area contributed by atoms with Gasteiger partial charge >= 0.3 is 6.18 Å². The number of hydrogen-bond acceptors (Lipinski definition) is 2. The molecule has 22 heavy (non-hydrogen) atoms. The van der Waals surface area contributed by atoms with E-state index in [0.29, 0.717) is 17.8 Å². The van der Waals surface area contributed by atoms with Gasteiger partial charge in [-0.25, -0.2) is 0 Å². The van der Waals surface area contributed by atoms with Crippen molar-refractivity contribution in [3.63, 3.8) is 0 Å². The number of nitrogens with zero attached hydrogens (tertiary/aromatic N) is 2. The van der Waals surface area contributed by atoms with Crippen LogP contribution in [0.2, 0.25) is 0 Å². The summed E-state index contributed by atoms with van der Waals surface area (Å²) in [4.78, 5) is 0. The van der Waals surface area contributed by atoms with Crippen molar-refractivity contribution in [3.05, 3.63) is 51.8 Å². The van der Waals surface area contributed by atoms with E-state index in [1.807, 2.05) is 31.2 Å². The van der Waals surface area contributed by atoms with Crippen molar-refractivity contribution in [2.75, 3.05) is 0 Å². The molecule has 0 radical (unpaired) electrons. The minimum absolute atomic E-state index is 0.106. The summed E-state index contributed by atoms with van der Waals surface area (Å²) >= 11 is 3.39. The number of aromatic nitrogens is 2. The lowest BCUT2D eigenvalue weighted by Crippen LogP contribution is -2.36. The number of hydrogen-bond donors (Lipinski definition) is 1. The number of halogens is 4. The summed E-state index contributed by atoms with van der Waals surface area (Å²) in [7, 11) is 0. The summed E-state index contributed by atoms with van der Waals surface area (Å²) in [5.74, 6) is 0. The van der Waals surface area contributed by atoms with Gasteiger partial charge in [0.2, 0.25) is 0 Å². The topological polar surface area (TPSA) is 41.7 Å². The molecule has 0 saturated carbocycles. The van der Waals surface area contributed by atoms with Crippen molar-refractivity contribution in [3.8, 4) is 0 Å². The Morgan fingerprint density at radius 2 is 2.05 bits per heavy atom. The molecule has 1 atom stereocenters. The zero-order valence-electron chi connectivity index (χ0n) is 11.7. The summed E-state index contributed by atoms with van der Waals surface area (Å²) in [6.45, 7) is 1.96. The van der Waals surface area contributed by atoms with Gasteiger partial charge in [-0.15, -0.1) is 0 Å². The molecule has 1 aromatic heterocycles. The minimum Gasteiger partial charge on any atom is -0.308 e. The fourth-order valence-electron chi connectivity index (χ4n) is 2.96. The van der Waals surface area contributed by atoms with Crippen LogP contribution in [-0.2, 0) is 18.1 Å². The molecule has 7 heteroatoms. The molecular formula is C15H13BrF3N3. The summed E-state index contributed by atoms with van der Waals surface area (Å²) < 4.78 is 41.0. The average Bonchev–Trinajstić information content (AvgIpc) is 2.83. The van der Waals surface area contributed by atoms with Gasteiger partial charge in [-0.1, -0.05) is 28.1 Å². The Bertz CT molecular complexity index is 751. The lowest BCUT2D eigenvalue weighted by molar-refractivity contribution is -0.141. The molecule has 0 bridgehead atoms. The van der Waals surface area contributed by atoms with Crippen molar-refractivity contribution in [2.45, 2.75) is 31.5 Å². The van der Waals surface area contributed by atoms with E-state index in [2.05, 4.69) is 21.0 Å². The number of nitrogens with one attached hydrogen (secondary N) is 1. The SMILES string of the molecule is CC1(c2cccc(Br)c2)CC(=N)Cn2nc(C(F)(F)F)cc21. The summed E-state index contributed by atoms with van der Waals surface area (Å²) in [5.41, 5.74) is 0.121. The molecule has 1 aliphatic rings. The van der Waals surface area contributed by atoms with Gasteiger partial charge in [0.15, 0.2) is 5.69 Å². The van der Waals surface area contributed by atoms with Crippen LogP contribution in [0.4, 0.5) is 13.2 Å². The monoisotopic (exact) mass is 371 g/mol. The van der Waals surface area contributed by atoms with Crippen molar-refractivity contribution in [1.29, 1.82) is 5.41 Å². The van der Waals surface area contributed by atoms with Crippen LogP contribution in [0.5, 0.6) is 0 Å². The largest absolute Gasteiger partial charge is 0.435 e. The highest BCUT2D eigenvalue weighted by Gasteiger charge is 2.42. The second kappa shape index (κ2) is 4.94. The third-order valence-corrected chi connectivity index (χ3v) is 4.50. The Morgan fingerprint density at radius 3 is 2.68 bits per heavy atom. The van der Waals surface area contributed by atoms with Crippen LogP contribution in [0.15, 0.2) is 34.8 Å². The standard InChI is InChI=1S/C15H13BrF3N3/c1-14(9-3-2-4-10(16)5-9)7-11(20)8-22-13(14)6-12(21-22)15(17,18)19/h2-6,20H,7-8H2,1H3. The Morgan fingerprint density at radius 1 is 1.32 bits per heavy atom. The van der Waals surface area contributed by atoms with E-state index >= 15 is 0 Å². The normalized spacial score (nSPS) is 21.8. The smallest absolute Gasteiger partial charge is 0.308 e. The van der Waals surface area contributed by atoms with Gasteiger partial charge < -0.3 is 5.41 Å². The van der Waals surface area contributed by atoms with Gasteiger partial charge in [0.1, 0.15) is 0 Å².